The lowest BCUT2D eigenvalue weighted by molar-refractivity contribution is -0.130. The van der Waals surface area contributed by atoms with Crippen molar-refractivity contribution in [3.63, 3.8) is 0 Å². The highest BCUT2D eigenvalue weighted by Gasteiger charge is 2.56. The number of carbonyl (C=O) groups excluding carboxylic acids is 1. The molecule has 2 saturated carbocycles. The largest absolute Gasteiger partial charge is 0.289 e. The van der Waals surface area contributed by atoms with E-state index >= 15 is 0 Å². The number of rotatable bonds is 5. The number of carbonyl (C=O) groups is 1. The van der Waals surface area contributed by atoms with Crippen LogP contribution in [-0.4, -0.2) is 21.1 Å². The molecule has 5 rings (SSSR count). The Kier molecular flexibility index (Phi) is 4.17. The molecule has 0 radical (unpaired) electrons. The summed E-state index contributed by atoms with van der Waals surface area (Å²) in [6.45, 7) is 0. The van der Waals surface area contributed by atoms with Crippen molar-refractivity contribution in [1.82, 2.24) is 15.4 Å². The third kappa shape index (κ3) is 3.08. The number of nitrogens with one attached hydrogen (secondary N) is 1. The normalized spacial score (nSPS) is 23.2. The van der Waals surface area contributed by atoms with Crippen LogP contribution in [0.5, 0.6) is 0 Å². The van der Waals surface area contributed by atoms with E-state index in [1.54, 1.807) is 0 Å². The van der Waals surface area contributed by atoms with Gasteiger partial charge in [-0.25, -0.2) is 15.4 Å². The van der Waals surface area contributed by atoms with E-state index in [1.807, 2.05) is 72.5 Å². The summed E-state index contributed by atoms with van der Waals surface area (Å²) in [4.78, 5) is 21.2. The molecule has 1 amide bonds. The van der Waals surface area contributed by atoms with Crippen molar-refractivity contribution in [2.75, 3.05) is 0 Å². The van der Waals surface area contributed by atoms with Crippen LogP contribution < -0.4 is 5.48 Å². The van der Waals surface area contributed by atoms with E-state index in [2.05, 4.69) is 9.97 Å². The second kappa shape index (κ2) is 6.84. The van der Waals surface area contributed by atoms with Gasteiger partial charge in [0.25, 0.3) is 0 Å². The third-order valence-electron chi connectivity index (χ3n) is 5.89. The molecule has 0 spiro atoms. The molecule has 5 nitrogen and oxygen atoms in total. The van der Waals surface area contributed by atoms with Crippen molar-refractivity contribution in [1.29, 1.82) is 0 Å². The molecular formula is C23H21N3O2. The van der Waals surface area contributed by atoms with E-state index in [4.69, 9.17) is 5.21 Å². The second-order valence-corrected chi connectivity index (χ2v) is 7.70. The maximum absolute atomic E-state index is 12.1. The minimum Gasteiger partial charge on any atom is -0.289 e. The van der Waals surface area contributed by atoms with Crippen molar-refractivity contribution < 1.29 is 10.0 Å². The summed E-state index contributed by atoms with van der Waals surface area (Å²) >= 11 is 0. The van der Waals surface area contributed by atoms with Crippen molar-refractivity contribution >= 4 is 5.91 Å². The molecule has 5 heteroatoms. The summed E-state index contributed by atoms with van der Waals surface area (Å²) in [6, 6.07) is 18.1. The van der Waals surface area contributed by atoms with E-state index in [9.17, 15) is 4.79 Å². The van der Waals surface area contributed by atoms with Gasteiger partial charge in [-0.15, -0.1) is 0 Å². The highest BCUT2D eigenvalue weighted by atomic mass is 16.5. The van der Waals surface area contributed by atoms with Gasteiger partial charge in [-0.2, -0.15) is 0 Å². The lowest BCUT2D eigenvalue weighted by Gasteiger charge is -2.05. The number of amides is 1. The fourth-order valence-corrected chi connectivity index (χ4v) is 4.19. The predicted molar refractivity (Wildman–Crippen MR) is 105 cm³/mol. The number of hydrogen-bond acceptors (Lipinski definition) is 4. The zero-order valence-corrected chi connectivity index (χ0v) is 15.3. The van der Waals surface area contributed by atoms with Crippen LogP contribution >= 0.6 is 0 Å². The zero-order valence-electron chi connectivity index (χ0n) is 15.3. The standard InChI is InChI=1S/C23H21N3O2/c27-23(26-28)21-19(15-4-2-1-3-5-15)20(21)16-8-10-17(11-9-16)22-24-12-18(13-25-22)14-6-7-14/h1-5,8-14,19-21,28H,6-7H2,(H,26,27). The van der Waals surface area contributed by atoms with Gasteiger partial charge in [0.15, 0.2) is 5.82 Å². The van der Waals surface area contributed by atoms with E-state index < -0.39 is 0 Å². The second-order valence-electron chi connectivity index (χ2n) is 7.70. The molecule has 0 bridgehead atoms. The Morgan fingerprint density at radius 1 is 0.857 bits per heavy atom. The highest BCUT2D eigenvalue weighted by molar-refractivity contribution is 5.84. The first-order valence-electron chi connectivity index (χ1n) is 9.67. The van der Waals surface area contributed by atoms with Crippen molar-refractivity contribution in [3.05, 3.63) is 83.7 Å². The maximum atomic E-state index is 12.1. The van der Waals surface area contributed by atoms with Gasteiger partial charge in [-0.05, 0) is 35.4 Å². The zero-order chi connectivity index (χ0) is 19.1. The van der Waals surface area contributed by atoms with E-state index in [0.29, 0.717) is 5.92 Å². The number of hydrogen-bond donors (Lipinski definition) is 2. The molecule has 3 atom stereocenters. The summed E-state index contributed by atoms with van der Waals surface area (Å²) in [7, 11) is 0. The summed E-state index contributed by atoms with van der Waals surface area (Å²) < 4.78 is 0. The van der Waals surface area contributed by atoms with Gasteiger partial charge in [-0.1, -0.05) is 54.6 Å². The third-order valence-corrected chi connectivity index (χ3v) is 5.89. The van der Waals surface area contributed by atoms with Gasteiger partial charge in [0.1, 0.15) is 0 Å². The van der Waals surface area contributed by atoms with Crippen molar-refractivity contribution in [2.24, 2.45) is 5.92 Å². The molecule has 0 aliphatic heterocycles. The Bertz CT molecular complexity index is 983. The molecular weight excluding hydrogens is 350 g/mol. The molecule has 140 valence electrons. The van der Waals surface area contributed by atoms with Gasteiger partial charge in [-0.3, -0.25) is 10.0 Å². The molecule has 2 N–H and O–H groups in total. The summed E-state index contributed by atoms with van der Waals surface area (Å²) in [5.41, 5.74) is 6.21. The van der Waals surface area contributed by atoms with Gasteiger partial charge in [0.2, 0.25) is 5.91 Å². The molecule has 28 heavy (non-hydrogen) atoms. The molecule has 2 fully saturated rings. The molecule has 3 unspecified atom stereocenters. The lowest BCUT2D eigenvalue weighted by atomic mass is 10.0. The Morgan fingerprint density at radius 2 is 1.46 bits per heavy atom. The van der Waals surface area contributed by atoms with E-state index in [1.165, 1.54) is 18.4 Å². The summed E-state index contributed by atoms with van der Waals surface area (Å²) in [5, 5.41) is 9.12. The van der Waals surface area contributed by atoms with Crippen LogP contribution in [0.15, 0.2) is 67.0 Å². The average molecular weight is 371 g/mol. The Hall–Kier alpha value is -3.05. The molecule has 2 aromatic carbocycles. The fraction of sp³-hybridized carbons (Fsp3) is 0.261. The van der Waals surface area contributed by atoms with Crippen LogP contribution in [0.1, 0.15) is 47.3 Å². The quantitative estimate of drug-likeness (QED) is 0.525. The van der Waals surface area contributed by atoms with Crippen LogP contribution in [-0.2, 0) is 4.79 Å². The Balaban J connectivity index is 1.39. The topological polar surface area (TPSA) is 75.1 Å². The average Bonchev–Trinajstić information content (AvgIpc) is 3.68. The first kappa shape index (κ1) is 17.1. The summed E-state index contributed by atoms with van der Waals surface area (Å²) in [5.74, 6) is 0.913. The SMILES string of the molecule is O=C(NO)C1C(c2ccccc2)C1c1ccc(-c2ncc(C3CC3)cn2)cc1. The van der Waals surface area contributed by atoms with Crippen molar-refractivity contribution in [2.45, 2.75) is 30.6 Å². The molecule has 1 aromatic heterocycles. The number of aromatic nitrogens is 2. The van der Waals surface area contributed by atoms with Gasteiger partial charge in [0.05, 0.1) is 5.92 Å². The van der Waals surface area contributed by atoms with Crippen LogP contribution in [0.3, 0.4) is 0 Å². The molecule has 2 aliphatic rings. The molecule has 3 aromatic rings. The van der Waals surface area contributed by atoms with E-state index in [-0.39, 0.29) is 23.7 Å². The van der Waals surface area contributed by atoms with Gasteiger partial charge < -0.3 is 0 Å². The monoisotopic (exact) mass is 371 g/mol. The number of nitrogens with zero attached hydrogens (tertiary/aromatic N) is 2. The van der Waals surface area contributed by atoms with Crippen LogP contribution in [0.25, 0.3) is 11.4 Å². The van der Waals surface area contributed by atoms with E-state index in [0.717, 1.165) is 22.5 Å². The molecule has 1 heterocycles. The first-order valence-corrected chi connectivity index (χ1v) is 9.67. The Morgan fingerprint density at radius 3 is 2.04 bits per heavy atom. The minimum atomic E-state index is -0.332. The van der Waals surface area contributed by atoms with Crippen LogP contribution in [0, 0.1) is 5.92 Å². The van der Waals surface area contributed by atoms with Gasteiger partial charge >= 0.3 is 0 Å². The molecule has 0 saturated heterocycles. The lowest BCUT2D eigenvalue weighted by Crippen LogP contribution is -2.21. The van der Waals surface area contributed by atoms with Crippen LogP contribution in [0.2, 0.25) is 0 Å². The van der Waals surface area contributed by atoms with Crippen molar-refractivity contribution in [3.8, 4) is 11.4 Å². The maximum Gasteiger partial charge on any atom is 0.247 e. The van der Waals surface area contributed by atoms with Gasteiger partial charge in [0, 0.05) is 29.8 Å². The number of hydroxylamine groups is 1. The Labute approximate surface area is 163 Å². The minimum absolute atomic E-state index is 0.0572. The first-order chi connectivity index (χ1) is 13.8. The highest BCUT2D eigenvalue weighted by Crippen LogP contribution is 2.60. The van der Waals surface area contributed by atoms with Crippen LogP contribution in [0.4, 0.5) is 0 Å². The smallest absolute Gasteiger partial charge is 0.247 e. The summed E-state index contributed by atoms with van der Waals surface area (Å²) in [6.07, 6.45) is 6.34. The predicted octanol–water partition coefficient (Wildman–Crippen LogP) is 4.02. The number of benzene rings is 2. The fourth-order valence-electron chi connectivity index (χ4n) is 4.19. The molecule has 2 aliphatic carbocycles.